The number of nitrogens with zero attached hydrogens (tertiary/aromatic N) is 1. The van der Waals surface area contributed by atoms with Crippen molar-refractivity contribution < 1.29 is 9.53 Å². The summed E-state index contributed by atoms with van der Waals surface area (Å²) in [5.41, 5.74) is 0.366. The van der Waals surface area contributed by atoms with Crippen LogP contribution in [0.3, 0.4) is 0 Å². The second-order valence-electron chi connectivity index (χ2n) is 4.04. The highest BCUT2D eigenvalue weighted by atomic mass is 35.5. The highest BCUT2D eigenvalue weighted by Crippen LogP contribution is 2.15. The molecule has 1 heterocycles. The van der Waals surface area contributed by atoms with Gasteiger partial charge in [-0.2, -0.15) is 0 Å². The SMILES string of the molecule is CC(C)(C)NC(=O)OCc1csc(Cl)n1. The molecule has 1 N–H and O–H groups in total. The Balaban J connectivity index is 2.35. The molecule has 0 atom stereocenters. The van der Waals surface area contributed by atoms with Gasteiger partial charge in [-0.05, 0) is 20.8 Å². The Morgan fingerprint density at radius 3 is 2.80 bits per heavy atom. The van der Waals surface area contributed by atoms with Crippen LogP contribution in [0.15, 0.2) is 5.38 Å². The molecule has 0 saturated carbocycles. The first-order chi connectivity index (χ1) is 6.87. The van der Waals surface area contributed by atoms with Gasteiger partial charge in [0.05, 0.1) is 5.69 Å². The number of ether oxygens (including phenoxy) is 1. The lowest BCUT2D eigenvalue weighted by atomic mass is 10.1. The number of nitrogens with one attached hydrogen (secondary N) is 1. The van der Waals surface area contributed by atoms with E-state index in [1.807, 2.05) is 20.8 Å². The predicted molar refractivity (Wildman–Crippen MR) is 60.2 cm³/mol. The lowest BCUT2D eigenvalue weighted by Crippen LogP contribution is -2.40. The van der Waals surface area contributed by atoms with Crippen LogP contribution in [-0.4, -0.2) is 16.6 Å². The van der Waals surface area contributed by atoms with Crippen LogP contribution < -0.4 is 5.32 Å². The molecule has 1 amide bonds. The van der Waals surface area contributed by atoms with Gasteiger partial charge in [0, 0.05) is 10.9 Å². The van der Waals surface area contributed by atoms with Gasteiger partial charge in [-0.1, -0.05) is 11.6 Å². The van der Waals surface area contributed by atoms with Crippen LogP contribution in [0.1, 0.15) is 26.5 Å². The van der Waals surface area contributed by atoms with Gasteiger partial charge in [0.15, 0.2) is 4.47 Å². The minimum atomic E-state index is -0.452. The van der Waals surface area contributed by atoms with E-state index in [0.29, 0.717) is 10.2 Å². The molecular weight excluding hydrogens is 236 g/mol. The van der Waals surface area contributed by atoms with Crippen molar-refractivity contribution in [2.24, 2.45) is 0 Å². The largest absolute Gasteiger partial charge is 0.443 e. The van der Waals surface area contributed by atoms with E-state index in [4.69, 9.17) is 16.3 Å². The Labute approximate surface area is 97.6 Å². The van der Waals surface area contributed by atoms with Crippen molar-refractivity contribution >= 4 is 29.0 Å². The van der Waals surface area contributed by atoms with Gasteiger partial charge in [0.2, 0.25) is 0 Å². The van der Waals surface area contributed by atoms with E-state index in [9.17, 15) is 4.79 Å². The topological polar surface area (TPSA) is 51.2 Å². The van der Waals surface area contributed by atoms with Crippen LogP contribution in [0.25, 0.3) is 0 Å². The summed E-state index contributed by atoms with van der Waals surface area (Å²) in [6.07, 6.45) is -0.452. The van der Waals surface area contributed by atoms with Gasteiger partial charge in [-0.3, -0.25) is 0 Å². The molecule has 0 spiro atoms. The maximum atomic E-state index is 11.2. The van der Waals surface area contributed by atoms with Crippen LogP contribution in [0, 0.1) is 0 Å². The molecule has 84 valence electrons. The molecule has 0 fully saturated rings. The van der Waals surface area contributed by atoms with Crippen molar-refractivity contribution in [2.45, 2.75) is 32.9 Å². The number of aromatic nitrogens is 1. The van der Waals surface area contributed by atoms with Crippen LogP contribution >= 0.6 is 22.9 Å². The van der Waals surface area contributed by atoms with Gasteiger partial charge < -0.3 is 10.1 Å². The highest BCUT2D eigenvalue weighted by molar-refractivity contribution is 7.13. The van der Waals surface area contributed by atoms with E-state index >= 15 is 0 Å². The Morgan fingerprint density at radius 2 is 2.33 bits per heavy atom. The summed E-state index contributed by atoms with van der Waals surface area (Å²) >= 11 is 6.95. The van der Waals surface area contributed by atoms with E-state index in [2.05, 4.69) is 10.3 Å². The summed E-state index contributed by atoms with van der Waals surface area (Å²) in [5, 5.41) is 4.43. The summed E-state index contributed by atoms with van der Waals surface area (Å²) in [5.74, 6) is 0. The summed E-state index contributed by atoms with van der Waals surface area (Å²) in [6.45, 7) is 5.79. The average Bonchev–Trinajstić information content (AvgIpc) is 2.45. The van der Waals surface area contributed by atoms with Crippen LogP contribution in [0.4, 0.5) is 4.79 Å². The van der Waals surface area contributed by atoms with Crippen LogP contribution in [-0.2, 0) is 11.3 Å². The molecule has 0 saturated heterocycles. The van der Waals surface area contributed by atoms with E-state index in [1.165, 1.54) is 11.3 Å². The molecule has 0 unspecified atom stereocenters. The third-order valence-electron chi connectivity index (χ3n) is 1.35. The first-order valence-electron chi connectivity index (χ1n) is 4.42. The molecule has 1 aromatic heterocycles. The zero-order valence-electron chi connectivity index (χ0n) is 8.83. The van der Waals surface area contributed by atoms with Gasteiger partial charge in [0.25, 0.3) is 0 Å². The average molecular weight is 249 g/mol. The maximum Gasteiger partial charge on any atom is 0.407 e. The number of hydrogen-bond acceptors (Lipinski definition) is 4. The molecule has 1 rings (SSSR count). The van der Waals surface area contributed by atoms with Gasteiger partial charge in [-0.15, -0.1) is 11.3 Å². The number of alkyl carbamates (subject to hydrolysis) is 1. The van der Waals surface area contributed by atoms with Crippen molar-refractivity contribution in [1.82, 2.24) is 10.3 Å². The highest BCUT2D eigenvalue weighted by Gasteiger charge is 2.14. The first kappa shape index (κ1) is 12.3. The van der Waals surface area contributed by atoms with Crippen LogP contribution in [0.2, 0.25) is 4.47 Å². The summed E-state index contributed by atoms with van der Waals surface area (Å²) in [6, 6.07) is 0. The molecule has 0 aliphatic carbocycles. The van der Waals surface area contributed by atoms with Crippen molar-refractivity contribution in [1.29, 1.82) is 0 Å². The lowest BCUT2D eigenvalue weighted by Gasteiger charge is -2.19. The van der Waals surface area contributed by atoms with E-state index < -0.39 is 6.09 Å². The molecule has 1 aromatic rings. The number of hydrogen-bond donors (Lipinski definition) is 1. The Hall–Kier alpha value is -0.810. The van der Waals surface area contributed by atoms with Crippen molar-refractivity contribution in [3.8, 4) is 0 Å². The molecule has 0 bridgehead atoms. The standard InChI is InChI=1S/C9H13ClN2O2S/c1-9(2,3)12-8(13)14-4-6-5-15-7(10)11-6/h5H,4H2,1-3H3,(H,12,13). The van der Waals surface area contributed by atoms with Gasteiger partial charge in [-0.25, -0.2) is 9.78 Å². The second kappa shape index (κ2) is 4.81. The van der Waals surface area contributed by atoms with Crippen molar-refractivity contribution in [3.63, 3.8) is 0 Å². The Kier molecular flexibility index (Phi) is 3.93. The molecule has 4 nitrogen and oxygen atoms in total. The number of thiazole rings is 1. The second-order valence-corrected chi connectivity index (χ2v) is 5.48. The van der Waals surface area contributed by atoms with E-state index in [-0.39, 0.29) is 12.1 Å². The van der Waals surface area contributed by atoms with Crippen molar-refractivity contribution in [2.75, 3.05) is 0 Å². The molecule has 6 heteroatoms. The third-order valence-corrected chi connectivity index (χ3v) is 2.38. The smallest absolute Gasteiger partial charge is 0.407 e. The number of amides is 1. The zero-order chi connectivity index (χ0) is 11.5. The van der Waals surface area contributed by atoms with E-state index in [0.717, 1.165) is 0 Å². The van der Waals surface area contributed by atoms with Gasteiger partial charge >= 0.3 is 6.09 Å². The fraction of sp³-hybridized carbons (Fsp3) is 0.556. The quantitative estimate of drug-likeness (QED) is 0.876. The summed E-state index contributed by atoms with van der Waals surface area (Å²) in [7, 11) is 0. The minimum absolute atomic E-state index is 0.144. The molecule has 0 aliphatic heterocycles. The van der Waals surface area contributed by atoms with E-state index in [1.54, 1.807) is 5.38 Å². The van der Waals surface area contributed by atoms with Gasteiger partial charge in [0.1, 0.15) is 6.61 Å². The molecular formula is C9H13ClN2O2S. The van der Waals surface area contributed by atoms with Crippen LogP contribution in [0.5, 0.6) is 0 Å². The fourth-order valence-corrected chi connectivity index (χ4v) is 1.60. The Morgan fingerprint density at radius 1 is 1.67 bits per heavy atom. The molecule has 15 heavy (non-hydrogen) atoms. The number of carbonyl (C=O) groups is 1. The third kappa shape index (κ3) is 4.99. The molecule has 0 aliphatic rings. The summed E-state index contributed by atoms with van der Waals surface area (Å²) in [4.78, 5) is 15.2. The van der Waals surface area contributed by atoms with Crippen molar-refractivity contribution in [3.05, 3.63) is 15.5 Å². The summed E-state index contributed by atoms with van der Waals surface area (Å²) < 4.78 is 5.40. The monoisotopic (exact) mass is 248 g/mol. The number of rotatable bonds is 2. The number of halogens is 1. The number of carbonyl (C=O) groups excluding carboxylic acids is 1. The predicted octanol–water partition coefficient (Wildman–Crippen LogP) is 2.82. The Bertz CT molecular complexity index is 346. The normalized spacial score (nSPS) is 11.2. The fourth-order valence-electron chi connectivity index (χ4n) is 0.830. The first-order valence-corrected chi connectivity index (χ1v) is 5.67. The lowest BCUT2D eigenvalue weighted by molar-refractivity contribution is 0.130. The maximum absolute atomic E-state index is 11.2. The molecule has 0 radical (unpaired) electrons. The zero-order valence-corrected chi connectivity index (χ0v) is 10.4. The minimum Gasteiger partial charge on any atom is -0.443 e. The molecule has 0 aromatic carbocycles.